The molecule has 7 nitrogen and oxygen atoms in total. The summed E-state index contributed by atoms with van der Waals surface area (Å²) in [6.45, 7) is 0. The zero-order chi connectivity index (χ0) is 17.8. The lowest BCUT2D eigenvalue weighted by Gasteiger charge is -2.21. The zero-order valence-corrected chi connectivity index (χ0v) is 14.2. The molecule has 7 heteroatoms. The molecule has 1 heterocycles. The monoisotopic (exact) mass is 348 g/mol. The van der Waals surface area contributed by atoms with Crippen molar-refractivity contribution < 1.29 is 4.79 Å². The van der Waals surface area contributed by atoms with Crippen molar-refractivity contribution in [2.75, 3.05) is 5.32 Å². The lowest BCUT2D eigenvalue weighted by atomic mass is 9.94. The van der Waals surface area contributed by atoms with Crippen LogP contribution in [0.4, 0.5) is 10.5 Å². The maximum atomic E-state index is 12.4. The molecule has 0 bridgehead atoms. The largest absolute Gasteiger partial charge is 0.335 e. The smallest absolute Gasteiger partial charge is 0.319 e. The first-order valence-corrected chi connectivity index (χ1v) is 8.75. The van der Waals surface area contributed by atoms with Crippen LogP contribution < -0.4 is 10.6 Å². The van der Waals surface area contributed by atoms with Gasteiger partial charge in [0.15, 0.2) is 0 Å². The van der Waals surface area contributed by atoms with Gasteiger partial charge in [-0.1, -0.05) is 36.8 Å². The van der Waals surface area contributed by atoms with E-state index in [0.29, 0.717) is 5.92 Å². The Kier molecular flexibility index (Phi) is 4.59. The second-order valence-electron chi connectivity index (χ2n) is 6.45. The van der Waals surface area contributed by atoms with Crippen molar-refractivity contribution in [3.8, 4) is 5.69 Å². The Morgan fingerprint density at radius 3 is 2.58 bits per heavy atom. The van der Waals surface area contributed by atoms with E-state index in [4.69, 9.17) is 0 Å². The highest BCUT2D eigenvalue weighted by Gasteiger charge is 2.29. The lowest BCUT2D eigenvalue weighted by molar-refractivity contribution is 0.247. The quantitative estimate of drug-likeness (QED) is 0.759. The highest BCUT2D eigenvalue weighted by Crippen LogP contribution is 2.34. The van der Waals surface area contributed by atoms with Crippen molar-refractivity contribution in [1.29, 1.82) is 0 Å². The Hall–Kier alpha value is -3.22. The third kappa shape index (κ3) is 3.56. The maximum absolute atomic E-state index is 12.4. The minimum atomic E-state index is -0.173. The molecule has 2 aromatic carbocycles. The van der Waals surface area contributed by atoms with Crippen molar-refractivity contribution in [1.82, 2.24) is 25.5 Å². The number of hydrogen-bond donors (Lipinski definition) is 2. The van der Waals surface area contributed by atoms with Crippen LogP contribution >= 0.6 is 0 Å². The summed E-state index contributed by atoms with van der Waals surface area (Å²) in [5, 5.41) is 17.1. The fourth-order valence-corrected chi connectivity index (χ4v) is 3.54. The van der Waals surface area contributed by atoms with Crippen molar-refractivity contribution in [3.05, 3.63) is 66.5 Å². The maximum Gasteiger partial charge on any atom is 0.319 e. The Bertz CT molecular complexity index is 848. The highest BCUT2D eigenvalue weighted by molar-refractivity contribution is 5.89. The van der Waals surface area contributed by atoms with E-state index in [1.54, 1.807) is 4.68 Å². The van der Waals surface area contributed by atoms with Crippen molar-refractivity contribution in [2.24, 2.45) is 0 Å². The Morgan fingerprint density at radius 1 is 1.04 bits per heavy atom. The Balaban J connectivity index is 1.38. The molecular formula is C19H20N6O. The molecule has 1 aliphatic rings. The van der Waals surface area contributed by atoms with Gasteiger partial charge in [-0.25, -0.2) is 9.48 Å². The SMILES string of the molecule is O=C(Nc1ccc(-n2cnnn2)cc1)NC1CCCC1c1ccccc1. The summed E-state index contributed by atoms with van der Waals surface area (Å²) < 4.78 is 1.56. The van der Waals surface area contributed by atoms with E-state index >= 15 is 0 Å². The summed E-state index contributed by atoms with van der Waals surface area (Å²) in [5.41, 5.74) is 2.86. The van der Waals surface area contributed by atoms with Crippen molar-refractivity contribution in [2.45, 2.75) is 31.2 Å². The number of rotatable bonds is 4. The molecule has 1 aromatic heterocycles. The highest BCUT2D eigenvalue weighted by atomic mass is 16.2. The molecule has 1 aliphatic carbocycles. The fraction of sp³-hybridized carbons (Fsp3) is 0.263. The Labute approximate surface area is 151 Å². The van der Waals surface area contributed by atoms with Gasteiger partial charge in [0.05, 0.1) is 5.69 Å². The summed E-state index contributed by atoms with van der Waals surface area (Å²) >= 11 is 0. The number of benzene rings is 2. The number of urea groups is 1. The molecule has 132 valence electrons. The molecule has 26 heavy (non-hydrogen) atoms. The van der Waals surface area contributed by atoms with E-state index in [1.807, 2.05) is 30.3 Å². The van der Waals surface area contributed by atoms with Gasteiger partial charge in [-0.15, -0.1) is 5.10 Å². The molecule has 2 atom stereocenters. The van der Waals surface area contributed by atoms with E-state index < -0.39 is 0 Å². The number of amides is 2. The average Bonchev–Trinajstić information content (AvgIpc) is 3.35. The predicted molar refractivity (Wildman–Crippen MR) is 98.1 cm³/mol. The number of nitrogens with zero attached hydrogens (tertiary/aromatic N) is 4. The molecule has 1 saturated carbocycles. The summed E-state index contributed by atoms with van der Waals surface area (Å²) in [4.78, 5) is 12.4. The lowest BCUT2D eigenvalue weighted by Crippen LogP contribution is -2.39. The molecule has 0 aliphatic heterocycles. The van der Waals surface area contributed by atoms with E-state index in [9.17, 15) is 4.79 Å². The topological polar surface area (TPSA) is 84.7 Å². The van der Waals surface area contributed by atoms with E-state index in [-0.39, 0.29) is 12.1 Å². The fourth-order valence-electron chi connectivity index (χ4n) is 3.54. The van der Waals surface area contributed by atoms with Crippen molar-refractivity contribution in [3.63, 3.8) is 0 Å². The second kappa shape index (κ2) is 7.35. The van der Waals surface area contributed by atoms with Crippen LogP contribution in [0.3, 0.4) is 0 Å². The van der Waals surface area contributed by atoms with Gasteiger partial charge >= 0.3 is 6.03 Å². The van der Waals surface area contributed by atoms with Gasteiger partial charge in [0, 0.05) is 17.6 Å². The average molecular weight is 348 g/mol. The van der Waals surface area contributed by atoms with E-state index in [2.05, 4.69) is 50.4 Å². The number of hydrogen-bond acceptors (Lipinski definition) is 4. The van der Waals surface area contributed by atoms with Crippen molar-refractivity contribution >= 4 is 11.7 Å². The first-order valence-electron chi connectivity index (χ1n) is 8.75. The summed E-state index contributed by atoms with van der Waals surface area (Å²) in [6, 6.07) is 17.8. The number of aromatic nitrogens is 4. The van der Waals surface area contributed by atoms with Crippen LogP contribution in [0.1, 0.15) is 30.7 Å². The number of nitrogens with one attached hydrogen (secondary N) is 2. The van der Waals surface area contributed by atoms with Gasteiger partial charge in [-0.3, -0.25) is 0 Å². The molecule has 4 rings (SSSR count). The van der Waals surface area contributed by atoms with Crippen LogP contribution in [0.2, 0.25) is 0 Å². The minimum Gasteiger partial charge on any atom is -0.335 e. The van der Waals surface area contributed by atoms with Gasteiger partial charge < -0.3 is 10.6 Å². The van der Waals surface area contributed by atoms with Crippen LogP contribution in [-0.4, -0.2) is 32.3 Å². The van der Waals surface area contributed by atoms with E-state index in [1.165, 1.54) is 11.9 Å². The number of anilines is 1. The van der Waals surface area contributed by atoms with Crippen LogP contribution in [0.5, 0.6) is 0 Å². The van der Waals surface area contributed by atoms with Crippen LogP contribution in [0.25, 0.3) is 5.69 Å². The van der Waals surface area contributed by atoms with Gasteiger partial charge in [-0.05, 0) is 53.1 Å². The second-order valence-corrected chi connectivity index (χ2v) is 6.45. The first-order chi connectivity index (χ1) is 12.8. The molecule has 2 amide bonds. The number of carbonyl (C=O) groups is 1. The van der Waals surface area contributed by atoms with Crippen LogP contribution in [-0.2, 0) is 0 Å². The van der Waals surface area contributed by atoms with Crippen LogP contribution in [0.15, 0.2) is 60.9 Å². The third-order valence-electron chi connectivity index (χ3n) is 4.80. The minimum absolute atomic E-state index is 0.165. The zero-order valence-electron chi connectivity index (χ0n) is 14.2. The summed E-state index contributed by atoms with van der Waals surface area (Å²) in [7, 11) is 0. The molecule has 0 radical (unpaired) electrons. The summed E-state index contributed by atoms with van der Waals surface area (Å²) in [5.74, 6) is 0.379. The van der Waals surface area contributed by atoms with E-state index in [0.717, 1.165) is 30.6 Å². The predicted octanol–water partition coefficient (Wildman–Crippen LogP) is 3.12. The van der Waals surface area contributed by atoms with Gasteiger partial charge in [0.1, 0.15) is 6.33 Å². The standard InChI is InChI=1S/C19H20N6O/c26-19(21-15-9-11-16(12-10-15)25-13-20-23-24-25)22-18-8-4-7-17(18)14-5-2-1-3-6-14/h1-3,5-6,9-13,17-18H,4,7-8H2,(H2,21,22,26). The molecular weight excluding hydrogens is 328 g/mol. The first kappa shape index (κ1) is 16.3. The number of carbonyl (C=O) groups excluding carboxylic acids is 1. The molecule has 1 fully saturated rings. The summed E-state index contributed by atoms with van der Waals surface area (Å²) in [6.07, 6.45) is 4.77. The molecule has 2 N–H and O–H groups in total. The molecule has 3 aromatic rings. The Morgan fingerprint density at radius 2 is 1.85 bits per heavy atom. The van der Waals surface area contributed by atoms with Gasteiger partial charge in [0.2, 0.25) is 0 Å². The normalized spacial score (nSPS) is 19.2. The van der Waals surface area contributed by atoms with Crippen LogP contribution in [0, 0.1) is 0 Å². The molecule has 0 spiro atoms. The molecule has 2 unspecified atom stereocenters. The number of tetrazole rings is 1. The van der Waals surface area contributed by atoms with Gasteiger partial charge in [0.25, 0.3) is 0 Å². The molecule has 0 saturated heterocycles. The van der Waals surface area contributed by atoms with Gasteiger partial charge in [-0.2, -0.15) is 0 Å². The third-order valence-corrected chi connectivity index (χ3v) is 4.80.